The fraction of sp³-hybridized carbons (Fsp3) is 0.250. The lowest BCUT2D eigenvalue weighted by Gasteiger charge is -2.09. The molecule has 0 unspecified atom stereocenters. The molecule has 3 nitrogen and oxygen atoms in total. The number of hydrogen-bond acceptors (Lipinski definition) is 4. The van der Waals surface area contributed by atoms with Crippen molar-refractivity contribution in [2.24, 2.45) is 0 Å². The third-order valence-corrected chi connectivity index (χ3v) is 4.77. The predicted octanol–water partition coefficient (Wildman–Crippen LogP) is 5.11. The van der Waals surface area contributed by atoms with Crippen molar-refractivity contribution >= 4 is 33.7 Å². The minimum absolute atomic E-state index is 0.251. The second kappa shape index (κ2) is 10.2. The van der Waals surface area contributed by atoms with Gasteiger partial charge in [-0.2, -0.15) is 0 Å². The maximum atomic E-state index is 12.1. The van der Waals surface area contributed by atoms with Crippen LogP contribution in [0.2, 0.25) is 0 Å². The number of esters is 1. The van der Waals surface area contributed by atoms with E-state index in [0.717, 1.165) is 27.1 Å². The highest BCUT2D eigenvalue weighted by atomic mass is 79.9. The first kappa shape index (κ1) is 19.4. The van der Waals surface area contributed by atoms with Gasteiger partial charge in [0.15, 0.2) is 0 Å². The molecule has 0 aliphatic heterocycles. The highest BCUT2D eigenvalue weighted by Crippen LogP contribution is 2.25. The van der Waals surface area contributed by atoms with Gasteiger partial charge in [0, 0.05) is 9.37 Å². The van der Waals surface area contributed by atoms with E-state index in [-0.39, 0.29) is 11.7 Å². The zero-order valence-corrected chi connectivity index (χ0v) is 16.6. The number of benzene rings is 2. The molecule has 0 fully saturated rings. The Bertz CT molecular complexity index is 776. The highest BCUT2D eigenvalue weighted by Gasteiger charge is 2.10. The molecule has 2 aromatic carbocycles. The van der Waals surface area contributed by atoms with Crippen molar-refractivity contribution in [1.29, 1.82) is 0 Å². The number of rotatable bonds is 7. The van der Waals surface area contributed by atoms with E-state index in [4.69, 9.17) is 9.47 Å². The molecular formula is C20H19BrO3S. The highest BCUT2D eigenvalue weighted by molar-refractivity contribution is 9.10. The molecule has 0 spiro atoms. The molecule has 25 heavy (non-hydrogen) atoms. The number of ether oxygens (including phenoxy) is 2. The van der Waals surface area contributed by atoms with Crippen molar-refractivity contribution < 1.29 is 14.3 Å². The summed E-state index contributed by atoms with van der Waals surface area (Å²) in [5, 5.41) is 0. The van der Waals surface area contributed by atoms with Gasteiger partial charge in [-0.05, 0) is 61.4 Å². The summed E-state index contributed by atoms with van der Waals surface area (Å²) in [4.78, 5) is 13.1. The standard InChI is InChI=1S/C20H19BrO3S/c1-3-5-12-23-17-7-9-18(10-8-17)25-14-20(22)24-19-11-6-16(21)13-15(19)4-2/h6-11,13H,4,12,14H2,1-2H3. The first-order chi connectivity index (χ1) is 12.1. The van der Waals surface area contributed by atoms with Crippen LogP contribution in [0.25, 0.3) is 0 Å². The largest absolute Gasteiger partial charge is 0.481 e. The molecule has 0 amide bonds. The quantitative estimate of drug-likeness (QED) is 0.270. The summed E-state index contributed by atoms with van der Waals surface area (Å²) in [6.07, 6.45) is 0.805. The van der Waals surface area contributed by atoms with Crippen LogP contribution in [0.4, 0.5) is 0 Å². The Kier molecular flexibility index (Phi) is 7.90. The average Bonchev–Trinajstić information content (AvgIpc) is 2.62. The zero-order valence-electron chi connectivity index (χ0n) is 14.2. The van der Waals surface area contributed by atoms with Crippen molar-refractivity contribution in [1.82, 2.24) is 0 Å². The Morgan fingerprint density at radius 1 is 1.20 bits per heavy atom. The van der Waals surface area contributed by atoms with E-state index in [1.807, 2.05) is 49.4 Å². The smallest absolute Gasteiger partial charge is 0.321 e. The molecule has 2 rings (SSSR count). The van der Waals surface area contributed by atoms with Gasteiger partial charge in [0.1, 0.15) is 18.1 Å². The Morgan fingerprint density at radius 2 is 1.96 bits per heavy atom. The molecule has 130 valence electrons. The van der Waals surface area contributed by atoms with E-state index < -0.39 is 0 Å². The van der Waals surface area contributed by atoms with Crippen molar-refractivity contribution in [3.63, 3.8) is 0 Å². The third-order valence-electron chi connectivity index (χ3n) is 3.30. The molecule has 0 saturated heterocycles. The predicted molar refractivity (Wildman–Crippen MR) is 105 cm³/mol. The van der Waals surface area contributed by atoms with Crippen LogP contribution in [0.3, 0.4) is 0 Å². The van der Waals surface area contributed by atoms with Gasteiger partial charge < -0.3 is 9.47 Å². The normalized spacial score (nSPS) is 9.88. The summed E-state index contributed by atoms with van der Waals surface area (Å²) >= 11 is 4.86. The van der Waals surface area contributed by atoms with Crippen LogP contribution < -0.4 is 9.47 Å². The molecule has 0 radical (unpaired) electrons. The second-order valence-corrected chi connectivity index (χ2v) is 7.02. The molecule has 0 atom stereocenters. The SMILES string of the molecule is CC#CCOc1ccc(SCC(=O)Oc2ccc(Br)cc2CC)cc1. The van der Waals surface area contributed by atoms with Crippen LogP contribution >= 0.6 is 27.7 Å². The van der Waals surface area contributed by atoms with Gasteiger partial charge in [-0.1, -0.05) is 28.8 Å². The minimum Gasteiger partial charge on any atom is -0.481 e. The van der Waals surface area contributed by atoms with Gasteiger partial charge in [-0.15, -0.1) is 17.7 Å². The molecule has 0 aromatic heterocycles. The zero-order chi connectivity index (χ0) is 18.1. The maximum Gasteiger partial charge on any atom is 0.321 e. The molecule has 5 heteroatoms. The van der Waals surface area contributed by atoms with Crippen molar-refractivity contribution in [3.05, 3.63) is 52.5 Å². The van der Waals surface area contributed by atoms with Crippen LogP contribution in [0.5, 0.6) is 11.5 Å². The van der Waals surface area contributed by atoms with Gasteiger partial charge in [0.25, 0.3) is 0 Å². The molecule has 0 saturated carbocycles. The van der Waals surface area contributed by atoms with E-state index in [2.05, 4.69) is 27.8 Å². The van der Waals surface area contributed by atoms with Crippen molar-refractivity contribution in [2.75, 3.05) is 12.4 Å². The molecule has 0 aliphatic rings. The van der Waals surface area contributed by atoms with E-state index >= 15 is 0 Å². The summed E-state index contributed by atoms with van der Waals surface area (Å²) in [7, 11) is 0. The summed E-state index contributed by atoms with van der Waals surface area (Å²) in [5.41, 5.74) is 1.00. The molecule has 0 heterocycles. The fourth-order valence-corrected chi connectivity index (χ4v) is 3.12. The molecule has 0 bridgehead atoms. The third kappa shape index (κ3) is 6.49. The summed E-state index contributed by atoms with van der Waals surface area (Å²) in [5.74, 6) is 7.00. The minimum atomic E-state index is -0.263. The first-order valence-corrected chi connectivity index (χ1v) is 9.64. The van der Waals surface area contributed by atoms with Crippen LogP contribution in [-0.4, -0.2) is 18.3 Å². The Morgan fingerprint density at radius 3 is 2.64 bits per heavy atom. The van der Waals surface area contributed by atoms with Crippen LogP contribution in [0, 0.1) is 11.8 Å². The van der Waals surface area contributed by atoms with Gasteiger partial charge in [-0.3, -0.25) is 4.79 Å². The summed E-state index contributed by atoms with van der Waals surface area (Å²) in [6, 6.07) is 13.2. The van der Waals surface area contributed by atoms with Crippen molar-refractivity contribution in [2.45, 2.75) is 25.2 Å². The lowest BCUT2D eigenvalue weighted by molar-refractivity contribution is -0.131. The molecule has 0 N–H and O–H groups in total. The Labute approximate surface area is 161 Å². The lowest BCUT2D eigenvalue weighted by Crippen LogP contribution is -2.11. The topological polar surface area (TPSA) is 35.5 Å². The van der Waals surface area contributed by atoms with Crippen LogP contribution in [0.1, 0.15) is 19.4 Å². The molecule has 2 aromatic rings. The monoisotopic (exact) mass is 418 g/mol. The van der Waals surface area contributed by atoms with Gasteiger partial charge in [0.2, 0.25) is 0 Å². The van der Waals surface area contributed by atoms with E-state index in [1.165, 1.54) is 11.8 Å². The van der Waals surface area contributed by atoms with Crippen LogP contribution in [0.15, 0.2) is 51.8 Å². The number of carbonyl (C=O) groups is 1. The molecular weight excluding hydrogens is 400 g/mol. The fourth-order valence-electron chi connectivity index (χ4n) is 2.04. The Hall–Kier alpha value is -1.90. The summed E-state index contributed by atoms with van der Waals surface area (Å²) in [6.45, 7) is 4.19. The lowest BCUT2D eigenvalue weighted by atomic mass is 10.1. The maximum absolute atomic E-state index is 12.1. The van der Waals surface area contributed by atoms with Gasteiger partial charge in [0.05, 0.1) is 5.75 Å². The van der Waals surface area contributed by atoms with E-state index in [1.54, 1.807) is 6.92 Å². The van der Waals surface area contributed by atoms with E-state index in [9.17, 15) is 4.79 Å². The molecule has 0 aliphatic carbocycles. The average molecular weight is 419 g/mol. The van der Waals surface area contributed by atoms with Crippen molar-refractivity contribution in [3.8, 4) is 23.3 Å². The number of aryl methyl sites for hydroxylation is 1. The number of thioether (sulfide) groups is 1. The number of carbonyl (C=O) groups excluding carboxylic acids is 1. The summed E-state index contributed by atoms with van der Waals surface area (Å²) < 4.78 is 11.9. The van der Waals surface area contributed by atoms with E-state index in [0.29, 0.717) is 12.4 Å². The van der Waals surface area contributed by atoms with Gasteiger partial charge >= 0.3 is 5.97 Å². The number of hydrogen-bond donors (Lipinski definition) is 0. The second-order valence-electron chi connectivity index (χ2n) is 5.06. The Balaban J connectivity index is 1.86. The number of halogens is 1. The van der Waals surface area contributed by atoms with Crippen LogP contribution in [-0.2, 0) is 11.2 Å². The van der Waals surface area contributed by atoms with Gasteiger partial charge in [-0.25, -0.2) is 0 Å². The first-order valence-electron chi connectivity index (χ1n) is 7.86.